The number of carbonyl (C=O) groups is 1. The van der Waals surface area contributed by atoms with E-state index >= 15 is 0 Å². The van der Waals surface area contributed by atoms with E-state index in [2.05, 4.69) is 31.9 Å². The molecule has 5 rings (SSSR count). The molecule has 0 bridgehead atoms. The zero-order valence-corrected chi connectivity index (χ0v) is 24.8. The lowest BCUT2D eigenvalue weighted by Crippen LogP contribution is -2.40. The summed E-state index contributed by atoms with van der Waals surface area (Å²) in [6.45, 7) is 1.90. The fourth-order valence-corrected chi connectivity index (χ4v) is 6.65. The molecule has 4 aromatic rings. The van der Waals surface area contributed by atoms with Crippen LogP contribution in [-0.4, -0.2) is 29.4 Å². The van der Waals surface area contributed by atoms with E-state index in [4.69, 9.17) is 14.5 Å². The average molecular weight is 670 g/mol. The van der Waals surface area contributed by atoms with Gasteiger partial charge in [-0.1, -0.05) is 69.7 Å². The summed E-state index contributed by atoms with van der Waals surface area (Å²) >= 11 is 7.96. The largest absolute Gasteiger partial charge is 0.506 e. The van der Waals surface area contributed by atoms with E-state index in [1.54, 1.807) is 44.4 Å². The van der Waals surface area contributed by atoms with Gasteiger partial charge in [0.25, 0.3) is 5.56 Å². The number of benzene rings is 3. The predicted molar refractivity (Wildman–Crippen MR) is 158 cm³/mol. The molecule has 0 radical (unpaired) electrons. The van der Waals surface area contributed by atoms with Gasteiger partial charge in [-0.05, 0) is 58.8 Å². The molecule has 0 unspecified atom stereocenters. The normalized spacial score (nSPS) is 15.1. The standard InChI is InChI=1S/C29H22Br2N2O5S/c1-3-38-28(36)23-24(16-8-5-4-6-9-16)32-29-33(25(23)17-10-7-11-20(13-17)37-2)27(35)22(39-29)14-18-12-19(30)15-21(31)26(18)34/h4-15,25,34H,3H2,1-2H3/b22-14-/t25-/m0/s1. The van der Waals surface area contributed by atoms with Gasteiger partial charge in [-0.15, -0.1) is 0 Å². The van der Waals surface area contributed by atoms with Crippen molar-refractivity contribution in [2.45, 2.75) is 13.0 Å². The van der Waals surface area contributed by atoms with Crippen LogP contribution in [0, 0.1) is 0 Å². The molecule has 7 nitrogen and oxygen atoms in total. The number of esters is 1. The highest BCUT2D eigenvalue weighted by atomic mass is 79.9. The maximum absolute atomic E-state index is 14.0. The van der Waals surface area contributed by atoms with E-state index in [1.165, 1.54) is 15.9 Å². The number of thiazole rings is 1. The first-order valence-electron chi connectivity index (χ1n) is 11.9. The van der Waals surface area contributed by atoms with Crippen LogP contribution in [0.5, 0.6) is 11.5 Å². The molecule has 0 amide bonds. The third-order valence-electron chi connectivity index (χ3n) is 6.13. The Balaban J connectivity index is 1.86. The fourth-order valence-electron chi connectivity index (χ4n) is 4.40. The number of nitrogens with zero attached hydrogens (tertiary/aromatic N) is 2. The number of hydrogen-bond acceptors (Lipinski definition) is 7. The van der Waals surface area contributed by atoms with E-state index in [9.17, 15) is 14.7 Å². The Morgan fingerprint density at radius 3 is 2.62 bits per heavy atom. The van der Waals surface area contributed by atoms with Crippen LogP contribution < -0.4 is 19.6 Å². The van der Waals surface area contributed by atoms with Crippen LogP contribution in [0.25, 0.3) is 11.8 Å². The number of phenols is 1. The van der Waals surface area contributed by atoms with Crippen LogP contribution in [0.2, 0.25) is 0 Å². The molecule has 0 aliphatic carbocycles. The number of aromatic hydroxyl groups is 1. The first-order chi connectivity index (χ1) is 18.8. The zero-order chi connectivity index (χ0) is 27.7. The molecule has 2 heterocycles. The summed E-state index contributed by atoms with van der Waals surface area (Å²) in [5.41, 5.74) is 2.18. The Morgan fingerprint density at radius 1 is 1.13 bits per heavy atom. The lowest BCUT2D eigenvalue weighted by Gasteiger charge is -2.26. The molecule has 0 fully saturated rings. The van der Waals surface area contributed by atoms with Crippen molar-refractivity contribution < 1.29 is 19.4 Å². The lowest BCUT2D eigenvalue weighted by molar-refractivity contribution is -0.138. The monoisotopic (exact) mass is 668 g/mol. The van der Waals surface area contributed by atoms with E-state index < -0.39 is 12.0 Å². The van der Waals surface area contributed by atoms with E-state index in [1.807, 2.05) is 42.5 Å². The van der Waals surface area contributed by atoms with Gasteiger partial charge in [0, 0.05) is 15.6 Å². The van der Waals surface area contributed by atoms with Crippen molar-refractivity contribution in [3.05, 3.63) is 118 Å². The molecule has 198 valence electrons. The SMILES string of the molecule is CCOC(=O)C1=C(c2ccccc2)N=c2s/c(=C\c3cc(Br)cc(Br)c3O)c(=O)n2[C@H]1c1cccc(OC)c1. The quantitative estimate of drug-likeness (QED) is 0.286. The highest BCUT2D eigenvalue weighted by Gasteiger charge is 2.35. The first kappa shape index (κ1) is 27.1. The number of carbonyl (C=O) groups excluding carboxylic acids is 1. The molecule has 0 saturated carbocycles. The van der Waals surface area contributed by atoms with Gasteiger partial charge in [0.1, 0.15) is 11.5 Å². The summed E-state index contributed by atoms with van der Waals surface area (Å²) < 4.78 is 14.0. The minimum Gasteiger partial charge on any atom is -0.506 e. The molecule has 3 aromatic carbocycles. The molecule has 39 heavy (non-hydrogen) atoms. The minimum atomic E-state index is -0.824. The molecular formula is C29H22Br2N2O5S. The third kappa shape index (κ3) is 5.24. The summed E-state index contributed by atoms with van der Waals surface area (Å²) in [7, 11) is 1.56. The summed E-state index contributed by atoms with van der Waals surface area (Å²) in [6.07, 6.45) is 1.62. The average Bonchev–Trinajstić information content (AvgIpc) is 3.25. The zero-order valence-electron chi connectivity index (χ0n) is 20.9. The number of methoxy groups -OCH3 is 1. The summed E-state index contributed by atoms with van der Waals surface area (Å²) in [4.78, 5) is 32.7. The molecule has 1 aliphatic rings. The van der Waals surface area contributed by atoms with E-state index in [0.717, 1.165) is 10.0 Å². The second-order valence-electron chi connectivity index (χ2n) is 8.53. The number of rotatable bonds is 6. The molecule has 1 atom stereocenters. The number of hydrogen-bond donors (Lipinski definition) is 1. The molecule has 1 N–H and O–H groups in total. The molecule has 1 aromatic heterocycles. The molecule has 0 saturated heterocycles. The third-order valence-corrected chi connectivity index (χ3v) is 8.17. The highest BCUT2D eigenvalue weighted by Crippen LogP contribution is 2.36. The molecule has 0 spiro atoms. The smallest absolute Gasteiger partial charge is 0.338 e. The topological polar surface area (TPSA) is 90.1 Å². The maximum Gasteiger partial charge on any atom is 0.338 e. The summed E-state index contributed by atoms with van der Waals surface area (Å²) in [5, 5.41) is 10.6. The van der Waals surface area contributed by atoms with E-state index in [0.29, 0.717) is 36.4 Å². The lowest BCUT2D eigenvalue weighted by atomic mass is 9.93. The van der Waals surface area contributed by atoms with Crippen LogP contribution in [0.15, 0.2) is 91.0 Å². The van der Waals surface area contributed by atoms with Crippen LogP contribution >= 0.6 is 43.2 Å². The number of fused-ring (bicyclic) bond motifs is 1. The van der Waals surface area contributed by atoms with Crippen molar-refractivity contribution in [3.8, 4) is 11.5 Å². The van der Waals surface area contributed by atoms with Crippen molar-refractivity contribution >= 4 is 60.9 Å². The van der Waals surface area contributed by atoms with Gasteiger partial charge in [0.2, 0.25) is 0 Å². The van der Waals surface area contributed by atoms with Gasteiger partial charge in [-0.3, -0.25) is 9.36 Å². The second-order valence-corrected chi connectivity index (χ2v) is 11.3. The molecular weight excluding hydrogens is 648 g/mol. The minimum absolute atomic E-state index is 0.00516. The fraction of sp³-hybridized carbons (Fsp3) is 0.138. The summed E-state index contributed by atoms with van der Waals surface area (Å²) in [6, 6.07) is 19.2. The number of halogens is 2. The second kappa shape index (κ2) is 11.3. The predicted octanol–water partition coefficient (Wildman–Crippen LogP) is 5.17. The summed E-state index contributed by atoms with van der Waals surface area (Å²) in [5.74, 6) is 0.0290. The Labute approximate surface area is 244 Å². The first-order valence-corrected chi connectivity index (χ1v) is 14.3. The van der Waals surface area contributed by atoms with Crippen LogP contribution in [0.1, 0.15) is 29.7 Å². The Kier molecular flexibility index (Phi) is 7.88. The van der Waals surface area contributed by atoms with Gasteiger partial charge in [-0.25, -0.2) is 9.79 Å². The number of phenolic OH excluding ortho intramolecular Hbond substituents is 1. The number of aromatic nitrogens is 1. The van der Waals surface area contributed by atoms with Crippen LogP contribution in [0.4, 0.5) is 0 Å². The molecule has 10 heteroatoms. The van der Waals surface area contributed by atoms with Gasteiger partial charge in [0.05, 0.1) is 40.0 Å². The van der Waals surface area contributed by atoms with Crippen LogP contribution in [0.3, 0.4) is 0 Å². The van der Waals surface area contributed by atoms with Gasteiger partial charge < -0.3 is 14.6 Å². The van der Waals surface area contributed by atoms with Gasteiger partial charge >= 0.3 is 5.97 Å². The molecule has 1 aliphatic heterocycles. The Hall–Kier alpha value is -3.47. The van der Waals surface area contributed by atoms with E-state index in [-0.39, 0.29) is 23.5 Å². The Morgan fingerprint density at radius 2 is 1.90 bits per heavy atom. The van der Waals surface area contributed by atoms with Gasteiger partial charge in [-0.2, -0.15) is 0 Å². The van der Waals surface area contributed by atoms with Crippen molar-refractivity contribution in [1.29, 1.82) is 0 Å². The maximum atomic E-state index is 14.0. The highest BCUT2D eigenvalue weighted by molar-refractivity contribution is 9.11. The Bertz CT molecular complexity index is 1790. The van der Waals surface area contributed by atoms with Crippen molar-refractivity contribution in [2.75, 3.05) is 13.7 Å². The van der Waals surface area contributed by atoms with Gasteiger partial charge in [0.15, 0.2) is 4.80 Å². The van der Waals surface area contributed by atoms with Crippen molar-refractivity contribution in [1.82, 2.24) is 4.57 Å². The van der Waals surface area contributed by atoms with Crippen molar-refractivity contribution in [2.24, 2.45) is 4.99 Å². The van der Waals surface area contributed by atoms with Crippen molar-refractivity contribution in [3.63, 3.8) is 0 Å². The number of ether oxygens (including phenoxy) is 2. The van der Waals surface area contributed by atoms with Crippen LogP contribution in [-0.2, 0) is 9.53 Å².